The van der Waals surface area contributed by atoms with Crippen molar-refractivity contribution in [2.45, 2.75) is 13.0 Å². The van der Waals surface area contributed by atoms with Gasteiger partial charge in [-0.05, 0) is 25.1 Å². The minimum atomic E-state index is -0.644. The van der Waals surface area contributed by atoms with E-state index in [1.165, 1.54) is 0 Å². The molecule has 0 radical (unpaired) electrons. The van der Waals surface area contributed by atoms with Gasteiger partial charge in [0.1, 0.15) is 5.58 Å². The van der Waals surface area contributed by atoms with Gasteiger partial charge in [0, 0.05) is 31.7 Å². The molecule has 1 amide bonds. The van der Waals surface area contributed by atoms with Gasteiger partial charge in [0.05, 0.1) is 44.4 Å². The van der Waals surface area contributed by atoms with Crippen molar-refractivity contribution in [2.75, 3.05) is 53.6 Å². The van der Waals surface area contributed by atoms with Gasteiger partial charge in [0.25, 0.3) is 5.91 Å². The van der Waals surface area contributed by atoms with Crippen LogP contribution in [0, 0.1) is 6.92 Å². The zero-order valence-corrected chi connectivity index (χ0v) is 19.6. The number of methoxy groups -OCH3 is 2. The predicted molar refractivity (Wildman–Crippen MR) is 127 cm³/mol. The molecule has 0 bridgehead atoms. The monoisotopic (exact) mass is 464 g/mol. The normalized spacial score (nSPS) is 18.4. The molecule has 2 aromatic carbocycles. The third-order valence-corrected chi connectivity index (χ3v) is 6.61. The van der Waals surface area contributed by atoms with Crippen molar-refractivity contribution in [2.24, 2.45) is 0 Å². The van der Waals surface area contributed by atoms with Crippen LogP contribution in [0.1, 0.15) is 33.3 Å². The van der Waals surface area contributed by atoms with Crippen molar-refractivity contribution in [3.05, 3.63) is 69.1 Å². The van der Waals surface area contributed by atoms with Crippen molar-refractivity contribution >= 4 is 16.9 Å². The molecule has 0 saturated carbocycles. The molecule has 5 rings (SSSR count). The molecule has 34 heavy (non-hydrogen) atoms. The van der Waals surface area contributed by atoms with E-state index in [9.17, 15) is 9.59 Å². The molecule has 1 fully saturated rings. The summed E-state index contributed by atoms with van der Waals surface area (Å²) in [5, 5.41) is 0.466. The van der Waals surface area contributed by atoms with E-state index in [-0.39, 0.29) is 17.1 Å². The maximum absolute atomic E-state index is 13.8. The lowest BCUT2D eigenvalue weighted by Gasteiger charge is -2.31. The Hall–Kier alpha value is -3.36. The molecule has 0 N–H and O–H groups in total. The van der Waals surface area contributed by atoms with Gasteiger partial charge in [0.2, 0.25) is 5.76 Å². The van der Waals surface area contributed by atoms with Gasteiger partial charge in [-0.15, -0.1) is 0 Å². The van der Waals surface area contributed by atoms with E-state index in [0.717, 1.165) is 18.7 Å². The standard InChI is InChI=1S/C26H28N2O6/c1-16-7-8-19-18(15-16)23(29)21-22(17-5-4-6-20(31-2)24(17)32-3)28(26(30)25(21)34-19)10-9-27-11-13-33-14-12-27/h4-8,15,22H,9-14H2,1-3H3/t22-/m1/s1. The van der Waals surface area contributed by atoms with Crippen LogP contribution in [0.5, 0.6) is 11.5 Å². The smallest absolute Gasteiger partial charge is 0.290 e. The number of carbonyl (C=O) groups excluding carboxylic acids is 1. The van der Waals surface area contributed by atoms with Gasteiger partial charge in [-0.2, -0.15) is 0 Å². The second kappa shape index (κ2) is 9.12. The van der Waals surface area contributed by atoms with Crippen LogP contribution in [0.15, 0.2) is 45.6 Å². The van der Waals surface area contributed by atoms with Crippen LogP contribution in [0.3, 0.4) is 0 Å². The predicted octanol–water partition coefficient (Wildman–Crippen LogP) is 3.00. The van der Waals surface area contributed by atoms with Gasteiger partial charge in [-0.3, -0.25) is 14.5 Å². The average Bonchev–Trinajstić information content (AvgIpc) is 3.14. The number of hydrogen-bond donors (Lipinski definition) is 0. The lowest BCUT2D eigenvalue weighted by Crippen LogP contribution is -2.42. The van der Waals surface area contributed by atoms with E-state index in [1.807, 2.05) is 31.2 Å². The highest BCUT2D eigenvalue weighted by atomic mass is 16.5. The number of amides is 1. The van der Waals surface area contributed by atoms with Crippen molar-refractivity contribution in [3.63, 3.8) is 0 Å². The summed E-state index contributed by atoms with van der Waals surface area (Å²) in [6, 6.07) is 10.3. The Morgan fingerprint density at radius 1 is 1.03 bits per heavy atom. The molecule has 1 atom stereocenters. The topological polar surface area (TPSA) is 81.5 Å². The Balaban J connectivity index is 1.67. The molecule has 1 saturated heterocycles. The number of aryl methyl sites for hydroxylation is 1. The van der Waals surface area contributed by atoms with Gasteiger partial charge < -0.3 is 23.5 Å². The van der Waals surface area contributed by atoms with Crippen molar-refractivity contribution in [3.8, 4) is 11.5 Å². The lowest BCUT2D eigenvalue weighted by molar-refractivity contribution is 0.0314. The fraction of sp³-hybridized carbons (Fsp3) is 0.385. The molecule has 1 aromatic heterocycles. The number of benzene rings is 2. The number of fused-ring (bicyclic) bond motifs is 2. The first-order valence-corrected chi connectivity index (χ1v) is 11.4. The van der Waals surface area contributed by atoms with E-state index < -0.39 is 6.04 Å². The summed E-state index contributed by atoms with van der Waals surface area (Å²) in [6.45, 7) is 5.99. The first-order chi connectivity index (χ1) is 16.5. The summed E-state index contributed by atoms with van der Waals surface area (Å²) in [4.78, 5) is 31.4. The Morgan fingerprint density at radius 2 is 1.82 bits per heavy atom. The number of hydrogen-bond acceptors (Lipinski definition) is 7. The highest BCUT2D eigenvalue weighted by Crippen LogP contribution is 2.44. The number of carbonyl (C=O) groups is 1. The SMILES string of the molecule is COc1cccc([C@@H]2c3c(oc4ccc(C)cc4c3=O)C(=O)N2CCN2CCOCC2)c1OC. The molecule has 0 aliphatic carbocycles. The van der Waals surface area contributed by atoms with Crippen LogP contribution in [0.2, 0.25) is 0 Å². The third-order valence-electron chi connectivity index (χ3n) is 6.61. The fourth-order valence-electron chi connectivity index (χ4n) is 4.89. The fourth-order valence-corrected chi connectivity index (χ4v) is 4.89. The first-order valence-electron chi connectivity index (χ1n) is 11.4. The van der Waals surface area contributed by atoms with Crippen LogP contribution >= 0.6 is 0 Å². The molecule has 2 aliphatic heterocycles. The molecule has 8 nitrogen and oxygen atoms in total. The molecule has 0 unspecified atom stereocenters. The summed E-state index contributed by atoms with van der Waals surface area (Å²) in [6.07, 6.45) is 0. The Labute approximate surface area is 197 Å². The number of ether oxygens (including phenoxy) is 3. The molecular formula is C26H28N2O6. The maximum atomic E-state index is 13.8. The van der Waals surface area contributed by atoms with E-state index in [1.54, 1.807) is 31.3 Å². The second-order valence-corrected chi connectivity index (χ2v) is 8.61. The molecular weight excluding hydrogens is 436 g/mol. The Kier molecular flexibility index (Phi) is 6.02. The number of morpholine rings is 1. The van der Waals surface area contributed by atoms with Crippen molar-refractivity contribution < 1.29 is 23.4 Å². The van der Waals surface area contributed by atoms with E-state index in [2.05, 4.69) is 4.90 Å². The van der Waals surface area contributed by atoms with E-state index in [4.69, 9.17) is 18.6 Å². The zero-order valence-electron chi connectivity index (χ0n) is 19.6. The van der Waals surface area contributed by atoms with Gasteiger partial charge >= 0.3 is 0 Å². The molecule has 8 heteroatoms. The molecule has 178 valence electrons. The highest BCUT2D eigenvalue weighted by molar-refractivity contribution is 5.99. The zero-order chi connectivity index (χ0) is 23.8. The summed E-state index contributed by atoms with van der Waals surface area (Å²) in [5.41, 5.74) is 2.20. The third kappa shape index (κ3) is 3.73. The van der Waals surface area contributed by atoms with Crippen LogP contribution < -0.4 is 14.9 Å². The number of rotatable bonds is 6. The molecule has 3 aromatic rings. The molecule has 3 heterocycles. The van der Waals surface area contributed by atoms with Crippen LogP contribution in [0.25, 0.3) is 11.0 Å². The highest BCUT2D eigenvalue weighted by Gasteiger charge is 2.44. The minimum Gasteiger partial charge on any atom is -0.493 e. The Bertz CT molecular complexity index is 1290. The average molecular weight is 465 g/mol. The van der Waals surface area contributed by atoms with Crippen LogP contribution in [-0.2, 0) is 4.74 Å². The minimum absolute atomic E-state index is 0.0956. The Morgan fingerprint density at radius 3 is 2.56 bits per heavy atom. The summed E-state index contributed by atoms with van der Waals surface area (Å²) in [7, 11) is 3.12. The molecule has 2 aliphatic rings. The van der Waals surface area contributed by atoms with Crippen molar-refractivity contribution in [1.29, 1.82) is 0 Å². The first kappa shape index (κ1) is 22.4. The van der Waals surface area contributed by atoms with Gasteiger partial charge in [-0.1, -0.05) is 23.8 Å². The van der Waals surface area contributed by atoms with E-state index >= 15 is 0 Å². The summed E-state index contributed by atoms with van der Waals surface area (Å²) >= 11 is 0. The van der Waals surface area contributed by atoms with Gasteiger partial charge in [-0.25, -0.2) is 0 Å². The lowest BCUT2D eigenvalue weighted by atomic mass is 9.97. The summed E-state index contributed by atoms with van der Waals surface area (Å²) in [5.74, 6) is 0.835. The summed E-state index contributed by atoms with van der Waals surface area (Å²) < 4.78 is 22.7. The van der Waals surface area contributed by atoms with Gasteiger partial charge in [0.15, 0.2) is 16.9 Å². The quantitative estimate of drug-likeness (QED) is 0.555. The number of para-hydroxylation sites is 1. The van der Waals surface area contributed by atoms with Crippen LogP contribution in [0.4, 0.5) is 0 Å². The largest absolute Gasteiger partial charge is 0.493 e. The number of nitrogens with zero attached hydrogens (tertiary/aromatic N) is 2. The van der Waals surface area contributed by atoms with Crippen LogP contribution in [-0.4, -0.2) is 69.3 Å². The van der Waals surface area contributed by atoms with Crippen molar-refractivity contribution in [1.82, 2.24) is 9.80 Å². The molecule has 0 spiro atoms. The maximum Gasteiger partial charge on any atom is 0.290 e. The second-order valence-electron chi connectivity index (χ2n) is 8.61. The van der Waals surface area contributed by atoms with E-state index in [0.29, 0.717) is 59.9 Å².